The van der Waals surface area contributed by atoms with Gasteiger partial charge in [0, 0.05) is 37.4 Å². The van der Waals surface area contributed by atoms with Crippen molar-refractivity contribution in [3.63, 3.8) is 0 Å². The van der Waals surface area contributed by atoms with Crippen LogP contribution in [-0.4, -0.2) is 39.6 Å². The number of anilines is 1. The highest BCUT2D eigenvalue weighted by atomic mass is 32.2. The Bertz CT molecular complexity index is 1020. The summed E-state index contributed by atoms with van der Waals surface area (Å²) in [5.41, 5.74) is 3.76. The number of amides is 1. The molecule has 0 saturated heterocycles. The average molecular weight is 429 g/mol. The molecule has 7 nitrogen and oxygen atoms in total. The summed E-state index contributed by atoms with van der Waals surface area (Å²) in [4.78, 5) is 16.6. The van der Waals surface area contributed by atoms with E-state index >= 15 is 0 Å². The average Bonchev–Trinajstić information content (AvgIpc) is 2.69. The molecule has 8 heteroatoms. The van der Waals surface area contributed by atoms with Crippen LogP contribution in [0, 0.1) is 0 Å². The number of carbonyl (C=O) groups excluding carboxylic acids is 1. The van der Waals surface area contributed by atoms with Gasteiger partial charge in [0.25, 0.3) is 0 Å². The molecule has 1 amide bonds. The summed E-state index contributed by atoms with van der Waals surface area (Å²) in [6.45, 7) is 3.79. The highest BCUT2D eigenvalue weighted by Crippen LogP contribution is 2.31. The van der Waals surface area contributed by atoms with Crippen LogP contribution in [0.1, 0.15) is 36.0 Å². The summed E-state index contributed by atoms with van der Waals surface area (Å²) in [6.07, 6.45) is 1.67. The molecule has 1 heterocycles. The van der Waals surface area contributed by atoms with Crippen LogP contribution in [0.3, 0.4) is 0 Å². The normalized spacial score (nSPS) is 16.5. The van der Waals surface area contributed by atoms with E-state index in [0.29, 0.717) is 25.5 Å². The number of fused-ring (bicyclic) bond motifs is 1. The lowest BCUT2D eigenvalue weighted by Crippen LogP contribution is -2.40. The van der Waals surface area contributed by atoms with Crippen LogP contribution in [-0.2, 0) is 26.9 Å². The van der Waals surface area contributed by atoms with E-state index in [1.165, 1.54) is 6.26 Å². The summed E-state index contributed by atoms with van der Waals surface area (Å²) in [5.74, 6) is 0.823. The Balaban J connectivity index is 1.63. The molecule has 0 saturated carbocycles. The largest absolute Gasteiger partial charge is 0.357 e. The van der Waals surface area contributed by atoms with Crippen LogP contribution < -0.4 is 16.0 Å². The molecular weight excluding hydrogens is 400 g/mol. The van der Waals surface area contributed by atoms with Gasteiger partial charge in [0.1, 0.15) is 0 Å². The zero-order chi connectivity index (χ0) is 21.6. The number of para-hydroxylation sites is 1. The fraction of sp³-hybridized carbons (Fsp3) is 0.364. The molecule has 1 aliphatic heterocycles. The standard InChI is InChI=1S/C22H28N4O3S/c1-3-23-22(24-13-16-8-10-17(11-9-16)15-30(2,28)29)25-14-18-12-21(27)26-20-7-5-4-6-19(18)20/h4-11,18H,3,12-15H2,1-2H3,(H,26,27)(H2,23,24,25). The minimum absolute atomic E-state index is 0.0247. The smallest absolute Gasteiger partial charge is 0.225 e. The van der Waals surface area contributed by atoms with E-state index < -0.39 is 9.84 Å². The second-order valence-corrected chi connectivity index (χ2v) is 9.64. The summed E-state index contributed by atoms with van der Waals surface area (Å²) in [6, 6.07) is 15.3. The van der Waals surface area contributed by atoms with E-state index in [9.17, 15) is 13.2 Å². The monoisotopic (exact) mass is 428 g/mol. The fourth-order valence-electron chi connectivity index (χ4n) is 3.46. The number of guanidine groups is 1. The highest BCUT2D eigenvalue weighted by molar-refractivity contribution is 7.89. The SMILES string of the molecule is CCNC(=NCc1ccc(CS(C)(=O)=O)cc1)NCC1CC(=O)Nc2ccccc21. The van der Waals surface area contributed by atoms with Crippen molar-refractivity contribution >= 4 is 27.4 Å². The number of hydrogen-bond donors (Lipinski definition) is 3. The molecule has 3 rings (SSSR count). The van der Waals surface area contributed by atoms with Crippen LogP contribution >= 0.6 is 0 Å². The van der Waals surface area contributed by atoms with Crippen molar-refractivity contribution in [2.24, 2.45) is 4.99 Å². The number of carbonyl (C=O) groups is 1. The van der Waals surface area contributed by atoms with E-state index in [-0.39, 0.29) is 17.6 Å². The first-order valence-corrected chi connectivity index (χ1v) is 12.1. The van der Waals surface area contributed by atoms with Gasteiger partial charge >= 0.3 is 0 Å². The molecule has 1 aliphatic rings. The minimum Gasteiger partial charge on any atom is -0.357 e. The van der Waals surface area contributed by atoms with Gasteiger partial charge in [-0.05, 0) is 29.7 Å². The summed E-state index contributed by atoms with van der Waals surface area (Å²) >= 11 is 0. The van der Waals surface area contributed by atoms with Gasteiger partial charge in [0.15, 0.2) is 15.8 Å². The van der Waals surface area contributed by atoms with Crippen molar-refractivity contribution in [3.8, 4) is 0 Å². The summed E-state index contributed by atoms with van der Waals surface area (Å²) < 4.78 is 22.8. The molecule has 0 bridgehead atoms. The maximum absolute atomic E-state index is 12.0. The Kier molecular flexibility index (Phi) is 7.10. The molecule has 3 N–H and O–H groups in total. The maximum atomic E-state index is 12.0. The maximum Gasteiger partial charge on any atom is 0.225 e. The molecule has 160 valence electrons. The number of sulfone groups is 1. The number of aliphatic imine (C=N–C) groups is 1. The molecule has 1 atom stereocenters. The lowest BCUT2D eigenvalue weighted by atomic mass is 9.90. The number of hydrogen-bond acceptors (Lipinski definition) is 4. The van der Waals surface area contributed by atoms with Crippen molar-refractivity contribution in [2.75, 3.05) is 24.7 Å². The molecule has 2 aromatic carbocycles. The number of rotatable bonds is 7. The molecule has 2 aromatic rings. The van der Waals surface area contributed by atoms with E-state index in [2.05, 4.69) is 20.9 Å². The van der Waals surface area contributed by atoms with Crippen LogP contribution in [0.15, 0.2) is 53.5 Å². The van der Waals surface area contributed by atoms with Crippen LogP contribution in [0.4, 0.5) is 5.69 Å². The van der Waals surface area contributed by atoms with Crippen molar-refractivity contribution < 1.29 is 13.2 Å². The third-order valence-corrected chi connectivity index (χ3v) is 5.70. The first-order valence-electron chi connectivity index (χ1n) is 10.0. The van der Waals surface area contributed by atoms with E-state index in [0.717, 1.165) is 28.9 Å². The predicted molar refractivity (Wildman–Crippen MR) is 120 cm³/mol. The fourth-order valence-corrected chi connectivity index (χ4v) is 4.26. The molecule has 0 fully saturated rings. The first kappa shape index (κ1) is 21.8. The van der Waals surface area contributed by atoms with Crippen molar-refractivity contribution in [3.05, 3.63) is 65.2 Å². The quantitative estimate of drug-likeness (QED) is 0.465. The Morgan fingerprint density at radius 2 is 1.80 bits per heavy atom. The molecule has 0 aromatic heterocycles. The molecule has 0 aliphatic carbocycles. The third kappa shape index (κ3) is 6.32. The van der Waals surface area contributed by atoms with Gasteiger partial charge in [-0.25, -0.2) is 13.4 Å². The van der Waals surface area contributed by atoms with Gasteiger partial charge < -0.3 is 16.0 Å². The first-order chi connectivity index (χ1) is 14.3. The second-order valence-electron chi connectivity index (χ2n) is 7.50. The van der Waals surface area contributed by atoms with Crippen LogP contribution in [0.2, 0.25) is 0 Å². The van der Waals surface area contributed by atoms with Crippen molar-refractivity contribution in [1.29, 1.82) is 0 Å². The van der Waals surface area contributed by atoms with Crippen LogP contribution in [0.5, 0.6) is 0 Å². The van der Waals surface area contributed by atoms with Gasteiger partial charge in [-0.2, -0.15) is 0 Å². The van der Waals surface area contributed by atoms with Crippen LogP contribution in [0.25, 0.3) is 0 Å². The van der Waals surface area contributed by atoms with E-state index in [1.807, 2.05) is 55.5 Å². The van der Waals surface area contributed by atoms with Crippen molar-refractivity contribution in [1.82, 2.24) is 10.6 Å². The highest BCUT2D eigenvalue weighted by Gasteiger charge is 2.24. The summed E-state index contributed by atoms with van der Waals surface area (Å²) in [5, 5.41) is 9.49. The lowest BCUT2D eigenvalue weighted by Gasteiger charge is -2.26. The van der Waals surface area contributed by atoms with Gasteiger partial charge in [-0.15, -0.1) is 0 Å². The lowest BCUT2D eigenvalue weighted by molar-refractivity contribution is -0.116. The summed E-state index contributed by atoms with van der Waals surface area (Å²) in [7, 11) is -3.04. The number of benzene rings is 2. The van der Waals surface area contributed by atoms with Gasteiger partial charge in [-0.3, -0.25) is 4.79 Å². The van der Waals surface area contributed by atoms with Gasteiger partial charge in [-0.1, -0.05) is 42.5 Å². The zero-order valence-electron chi connectivity index (χ0n) is 17.3. The molecule has 30 heavy (non-hydrogen) atoms. The Hall–Kier alpha value is -2.87. The van der Waals surface area contributed by atoms with E-state index in [4.69, 9.17) is 0 Å². The molecule has 0 radical (unpaired) electrons. The predicted octanol–water partition coefficient (Wildman–Crippen LogP) is 2.41. The van der Waals surface area contributed by atoms with E-state index in [1.54, 1.807) is 0 Å². The number of nitrogens with one attached hydrogen (secondary N) is 3. The Morgan fingerprint density at radius 1 is 1.10 bits per heavy atom. The Labute approximate surface area is 177 Å². The second kappa shape index (κ2) is 9.75. The minimum atomic E-state index is -3.04. The number of nitrogens with zero attached hydrogens (tertiary/aromatic N) is 1. The van der Waals surface area contributed by atoms with Gasteiger partial charge in [0.2, 0.25) is 5.91 Å². The topological polar surface area (TPSA) is 99.7 Å². The molecule has 1 unspecified atom stereocenters. The molecular formula is C22H28N4O3S. The Morgan fingerprint density at radius 3 is 2.50 bits per heavy atom. The third-order valence-electron chi connectivity index (χ3n) is 4.84. The zero-order valence-corrected chi connectivity index (χ0v) is 18.1. The van der Waals surface area contributed by atoms with Crippen molar-refractivity contribution in [2.45, 2.75) is 31.6 Å². The van der Waals surface area contributed by atoms with Gasteiger partial charge in [0.05, 0.1) is 12.3 Å². The molecule has 0 spiro atoms.